The number of hydrogen-bond donors (Lipinski definition) is 1. The van der Waals surface area contributed by atoms with E-state index in [4.69, 9.17) is 5.11 Å². The fourth-order valence-electron chi connectivity index (χ4n) is 3.80. The van der Waals surface area contributed by atoms with Gasteiger partial charge in [0.2, 0.25) is 11.8 Å². The largest absolute Gasteiger partial charge is 0.477 e. The molecule has 1 saturated carbocycles. The van der Waals surface area contributed by atoms with E-state index in [1.54, 1.807) is 0 Å². The summed E-state index contributed by atoms with van der Waals surface area (Å²) in [5, 5.41) is 8.98. The zero-order chi connectivity index (χ0) is 14.7. The van der Waals surface area contributed by atoms with Crippen LogP contribution in [-0.2, 0) is 9.59 Å². The minimum absolute atomic E-state index is 0.110. The van der Waals surface area contributed by atoms with E-state index < -0.39 is 5.97 Å². The molecule has 1 saturated heterocycles. The second-order valence-corrected chi connectivity index (χ2v) is 5.70. The van der Waals surface area contributed by atoms with Gasteiger partial charge < -0.3 is 5.11 Å². The third-order valence-corrected chi connectivity index (χ3v) is 4.65. The lowest BCUT2D eigenvalue weighted by Crippen LogP contribution is -2.33. The van der Waals surface area contributed by atoms with Gasteiger partial charge in [0.05, 0.1) is 11.8 Å². The Morgan fingerprint density at radius 1 is 1.14 bits per heavy atom. The van der Waals surface area contributed by atoms with Gasteiger partial charge in [0.1, 0.15) is 5.82 Å². The van der Waals surface area contributed by atoms with Crippen LogP contribution in [0.25, 0.3) is 0 Å². The molecule has 1 N–H and O–H groups in total. The van der Waals surface area contributed by atoms with Crippen molar-refractivity contribution in [3.8, 4) is 0 Å². The molecule has 2 bridgehead atoms. The molecule has 4 unspecified atom stereocenters. The number of carboxylic acid groups (broad SMARTS) is 1. The summed E-state index contributed by atoms with van der Waals surface area (Å²) in [7, 11) is 0. The highest BCUT2D eigenvalue weighted by Crippen LogP contribution is 2.52. The Morgan fingerprint density at radius 3 is 2.33 bits per heavy atom. The molecule has 4 atom stereocenters. The summed E-state index contributed by atoms with van der Waals surface area (Å²) in [5.41, 5.74) is -0.175. The summed E-state index contributed by atoms with van der Waals surface area (Å²) < 4.78 is 0. The first-order valence-electron chi connectivity index (χ1n) is 6.84. The molecule has 0 spiro atoms. The lowest BCUT2D eigenvalue weighted by Gasteiger charge is -2.16. The summed E-state index contributed by atoms with van der Waals surface area (Å²) in [6, 6.07) is 4.33. The molecule has 4 rings (SSSR count). The molecule has 21 heavy (non-hydrogen) atoms. The highest BCUT2D eigenvalue weighted by molar-refractivity contribution is 6.22. The van der Waals surface area contributed by atoms with Crippen molar-refractivity contribution in [2.24, 2.45) is 23.7 Å². The Kier molecular flexibility index (Phi) is 2.34. The predicted molar refractivity (Wildman–Crippen MR) is 71.4 cm³/mol. The van der Waals surface area contributed by atoms with Crippen molar-refractivity contribution in [3.05, 3.63) is 36.0 Å². The van der Waals surface area contributed by atoms with E-state index in [1.807, 2.05) is 12.2 Å². The number of aromatic nitrogens is 1. The van der Waals surface area contributed by atoms with Crippen LogP contribution in [0.2, 0.25) is 0 Å². The van der Waals surface area contributed by atoms with Crippen molar-refractivity contribution in [2.75, 3.05) is 4.90 Å². The number of pyridine rings is 1. The van der Waals surface area contributed by atoms with Crippen LogP contribution in [0.4, 0.5) is 5.82 Å². The summed E-state index contributed by atoms with van der Waals surface area (Å²) in [6.45, 7) is 0. The highest BCUT2D eigenvalue weighted by atomic mass is 16.4. The number of rotatable bonds is 2. The van der Waals surface area contributed by atoms with E-state index in [1.165, 1.54) is 18.2 Å². The van der Waals surface area contributed by atoms with E-state index in [0.29, 0.717) is 0 Å². The number of amides is 2. The SMILES string of the molecule is O=C(O)c1cccc(N2C(=O)C3C4C=CC(C4)C3C2=O)n1. The Labute approximate surface area is 120 Å². The van der Waals surface area contributed by atoms with Gasteiger partial charge in [0.15, 0.2) is 5.69 Å². The summed E-state index contributed by atoms with van der Waals surface area (Å²) in [6.07, 6.45) is 4.90. The van der Waals surface area contributed by atoms with Gasteiger partial charge in [-0.25, -0.2) is 14.7 Å². The summed E-state index contributed by atoms with van der Waals surface area (Å²) >= 11 is 0. The molecule has 1 aromatic heterocycles. The topological polar surface area (TPSA) is 87.6 Å². The van der Waals surface area contributed by atoms with Crippen LogP contribution >= 0.6 is 0 Å². The maximum Gasteiger partial charge on any atom is 0.354 e. The molecule has 1 aliphatic heterocycles. The van der Waals surface area contributed by atoms with Crippen molar-refractivity contribution in [1.82, 2.24) is 4.98 Å². The first-order chi connectivity index (χ1) is 10.1. The van der Waals surface area contributed by atoms with Gasteiger partial charge in [-0.3, -0.25) is 9.59 Å². The van der Waals surface area contributed by atoms with E-state index >= 15 is 0 Å². The molecule has 2 aliphatic carbocycles. The third kappa shape index (κ3) is 1.53. The lowest BCUT2D eigenvalue weighted by molar-refractivity contribution is -0.123. The van der Waals surface area contributed by atoms with Crippen LogP contribution in [0.5, 0.6) is 0 Å². The van der Waals surface area contributed by atoms with Gasteiger partial charge >= 0.3 is 5.97 Å². The molecule has 2 heterocycles. The zero-order valence-corrected chi connectivity index (χ0v) is 11.0. The summed E-state index contributed by atoms with van der Waals surface area (Å²) in [4.78, 5) is 41.1. The monoisotopic (exact) mass is 284 g/mol. The number of carboxylic acids is 1. The number of nitrogens with zero attached hydrogens (tertiary/aromatic N) is 2. The number of hydrogen-bond acceptors (Lipinski definition) is 4. The number of imide groups is 1. The first kappa shape index (κ1) is 12.3. The van der Waals surface area contributed by atoms with Crippen LogP contribution < -0.4 is 4.90 Å². The Bertz CT molecular complexity index is 681. The van der Waals surface area contributed by atoms with Crippen LogP contribution in [0.3, 0.4) is 0 Å². The number of carbonyl (C=O) groups is 3. The van der Waals surface area contributed by atoms with Gasteiger partial charge in [0.25, 0.3) is 0 Å². The van der Waals surface area contributed by atoms with Crippen molar-refractivity contribution in [2.45, 2.75) is 6.42 Å². The van der Waals surface area contributed by atoms with Crippen molar-refractivity contribution >= 4 is 23.6 Å². The fraction of sp³-hybridized carbons (Fsp3) is 0.333. The van der Waals surface area contributed by atoms with E-state index in [9.17, 15) is 14.4 Å². The fourth-order valence-corrected chi connectivity index (χ4v) is 3.80. The minimum atomic E-state index is -1.18. The number of aromatic carboxylic acids is 1. The molecule has 106 valence electrons. The molecule has 2 fully saturated rings. The van der Waals surface area contributed by atoms with Gasteiger partial charge in [-0.05, 0) is 30.4 Å². The van der Waals surface area contributed by atoms with Crippen molar-refractivity contribution in [1.29, 1.82) is 0 Å². The second-order valence-electron chi connectivity index (χ2n) is 5.70. The lowest BCUT2D eigenvalue weighted by atomic mass is 9.85. The van der Waals surface area contributed by atoms with Gasteiger partial charge in [-0.1, -0.05) is 18.2 Å². The van der Waals surface area contributed by atoms with E-state index in [2.05, 4.69) is 4.98 Å². The molecule has 2 amide bonds. The number of allylic oxidation sites excluding steroid dienone is 2. The van der Waals surface area contributed by atoms with E-state index in [0.717, 1.165) is 11.3 Å². The zero-order valence-electron chi connectivity index (χ0n) is 11.0. The van der Waals surface area contributed by atoms with Crippen LogP contribution in [0.1, 0.15) is 16.9 Å². The van der Waals surface area contributed by atoms with Crippen LogP contribution in [0.15, 0.2) is 30.4 Å². The predicted octanol–water partition coefficient (Wildman–Crippen LogP) is 1.09. The normalized spacial score (nSPS) is 32.9. The quantitative estimate of drug-likeness (QED) is 0.649. The third-order valence-electron chi connectivity index (χ3n) is 4.65. The minimum Gasteiger partial charge on any atom is -0.477 e. The Hall–Kier alpha value is -2.50. The molecule has 0 aromatic carbocycles. The molecular weight excluding hydrogens is 272 g/mol. The standard InChI is InChI=1S/C15H12N2O4/c18-13-11-7-4-5-8(6-7)12(11)14(19)17(13)10-3-1-2-9(16-10)15(20)21/h1-5,7-8,11-12H,6H2,(H,20,21). The van der Waals surface area contributed by atoms with Gasteiger partial charge in [-0.2, -0.15) is 0 Å². The number of anilines is 1. The number of carbonyl (C=O) groups excluding carboxylic acids is 2. The molecule has 3 aliphatic rings. The smallest absolute Gasteiger partial charge is 0.354 e. The Balaban J connectivity index is 1.74. The van der Waals surface area contributed by atoms with Crippen molar-refractivity contribution < 1.29 is 19.5 Å². The summed E-state index contributed by atoms with van der Waals surface area (Å²) in [5.74, 6) is -1.93. The average Bonchev–Trinajstić information content (AvgIpc) is 3.13. The average molecular weight is 284 g/mol. The number of fused-ring (bicyclic) bond motifs is 5. The maximum atomic E-state index is 12.6. The second kappa shape index (κ2) is 4.00. The molecular formula is C15H12N2O4. The van der Waals surface area contributed by atoms with Crippen molar-refractivity contribution in [3.63, 3.8) is 0 Å². The Morgan fingerprint density at radius 2 is 1.76 bits per heavy atom. The highest BCUT2D eigenvalue weighted by Gasteiger charge is 2.59. The first-order valence-corrected chi connectivity index (χ1v) is 6.84. The van der Waals surface area contributed by atoms with E-state index in [-0.39, 0.29) is 47.0 Å². The van der Waals surface area contributed by atoms with Gasteiger partial charge in [0, 0.05) is 0 Å². The maximum absolute atomic E-state index is 12.6. The molecule has 6 nitrogen and oxygen atoms in total. The van der Waals surface area contributed by atoms with Gasteiger partial charge in [-0.15, -0.1) is 0 Å². The molecule has 0 radical (unpaired) electrons. The molecule has 6 heteroatoms. The molecule has 1 aromatic rings. The van der Waals surface area contributed by atoms with Crippen LogP contribution in [-0.4, -0.2) is 27.9 Å². The van der Waals surface area contributed by atoms with Crippen LogP contribution in [0, 0.1) is 23.7 Å².